The maximum Gasteiger partial charge on any atom is 0.419 e. The molecule has 0 amide bonds. The first kappa shape index (κ1) is 18.1. The highest BCUT2D eigenvalue weighted by molar-refractivity contribution is 8.03. The molecule has 1 aliphatic rings. The van der Waals surface area contributed by atoms with Crippen molar-refractivity contribution in [3.05, 3.63) is 64.0 Å². The molecule has 26 heavy (non-hydrogen) atoms. The van der Waals surface area contributed by atoms with E-state index in [4.69, 9.17) is 0 Å². The summed E-state index contributed by atoms with van der Waals surface area (Å²) in [6, 6.07) is 2.22. The molecular weight excluding hydrogens is 374 g/mol. The van der Waals surface area contributed by atoms with E-state index in [1.54, 1.807) is 6.26 Å². The van der Waals surface area contributed by atoms with Crippen LogP contribution < -0.4 is 5.32 Å². The fraction of sp³-hybridized carbons (Fsp3) is 0.125. The molecule has 0 spiro atoms. The maximum absolute atomic E-state index is 13.4. The van der Waals surface area contributed by atoms with Crippen molar-refractivity contribution in [1.82, 2.24) is 9.97 Å². The van der Waals surface area contributed by atoms with Crippen molar-refractivity contribution in [3.8, 4) is 0 Å². The number of nitrogens with zero attached hydrogens (tertiary/aromatic N) is 2. The predicted octanol–water partition coefficient (Wildman–Crippen LogP) is 3.70. The highest BCUT2D eigenvalue weighted by Crippen LogP contribution is 2.35. The number of allylic oxidation sites excluding steroid dienone is 2. The zero-order chi connectivity index (χ0) is 19.1. The summed E-state index contributed by atoms with van der Waals surface area (Å²) in [6.07, 6.45) is -1.07. The zero-order valence-electron chi connectivity index (χ0n) is 13.0. The number of rotatable bonds is 3. The zero-order valence-corrected chi connectivity index (χ0v) is 13.8. The third-order valence-corrected chi connectivity index (χ3v) is 4.38. The first-order chi connectivity index (χ1) is 12.2. The predicted molar refractivity (Wildman–Crippen MR) is 86.3 cm³/mol. The van der Waals surface area contributed by atoms with Gasteiger partial charge in [0.25, 0.3) is 0 Å². The van der Waals surface area contributed by atoms with E-state index in [0.29, 0.717) is 12.1 Å². The SMILES string of the molecule is CSC1=C(Nc2ccc(F)c(C(F)(F)F)c2)C(=O)c2cncnc2C1=O. The number of halogens is 4. The molecule has 1 aromatic heterocycles. The van der Waals surface area contributed by atoms with Crippen LogP contribution >= 0.6 is 11.8 Å². The molecule has 10 heteroatoms. The molecule has 0 bridgehead atoms. The van der Waals surface area contributed by atoms with Crippen molar-refractivity contribution in [2.75, 3.05) is 11.6 Å². The number of benzene rings is 1. The van der Waals surface area contributed by atoms with Gasteiger partial charge in [-0.25, -0.2) is 14.4 Å². The Kier molecular flexibility index (Phi) is 4.53. The van der Waals surface area contributed by atoms with Gasteiger partial charge in [0.2, 0.25) is 11.6 Å². The average molecular weight is 383 g/mol. The van der Waals surface area contributed by atoms with E-state index in [1.165, 1.54) is 0 Å². The second-order valence-electron chi connectivity index (χ2n) is 5.17. The van der Waals surface area contributed by atoms with Crippen molar-refractivity contribution in [3.63, 3.8) is 0 Å². The molecule has 0 unspecified atom stereocenters. The molecule has 0 saturated heterocycles. The first-order valence-corrected chi connectivity index (χ1v) is 8.28. The third-order valence-electron chi connectivity index (χ3n) is 3.58. The molecule has 0 atom stereocenters. The Morgan fingerprint density at radius 3 is 2.54 bits per heavy atom. The highest BCUT2D eigenvalue weighted by Gasteiger charge is 2.36. The minimum Gasteiger partial charge on any atom is -0.351 e. The Bertz CT molecular complexity index is 957. The van der Waals surface area contributed by atoms with Crippen molar-refractivity contribution in [2.24, 2.45) is 0 Å². The summed E-state index contributed by atoms with van der Waals surface area (Å²) < 4.78 is 52.0. The Balaban J connectivity index is 2.07. The number of hydrogen-bond donors (Lipinski definition) is 1. The summed E-state index contributed by atoms with van der Waals surface area (Å²) in [4.78, 5) is 32.6. The summed E-state index contributed by atoms with van der Waals surface area (Å²) in [5.41, 5.74) is -2.00. The van der Waals surface area contributed by atoms with Gasteiger partial charge in [-0.15, -0.1) is 11.8 Å². The molecular formula is C16H9F4N3O2S. The molecule has 1 N–H and O–H groups in total. The number of anilines is 1. The topological polar surface area (TPSA) is 72.0 Å². The number of nitrogens with one attached hydrogen (secondary N) is 1. The molecule has 0 radical (unpaired) electrons. The quantitative estimate of drug-likeness (QED) is 0.815. The number of fused-ring (bicyclic) bond motifs is 1. The van der Waals surface area contributed by atoms with Gasteiger partial charge in [-0.2, -0.15) is 13.2 Å². The van der Waals surface area contributed by atoms with E-state index in [9.17, 15) is 27.2 Å². The van der Waals surface area contributed by atoms with E-state index in [2.05, 4.69) is 15.3 Å². The molecule has 0 fully saturated rings. The van der Waals surface area contributed by atoms with Crippen LogP contribution in [0.15, 0.2) is 41.3 Å². The average Bonchev–Trinajstić information content (AvgIpc) is 2.60. The largest absolute Gasteiger partial charge is 0.419 e. The molecule has 2 aromatic rings. The third kappa shape index (κ3) is 3.07. The Hall–Kier alpha value is -2.75. The normalized spacial score (nSPS) is 14.5. The first-order valence-electron chi connectivity index (χ1n) is 7.05. The van der Waals surface area contributed by atoms with Crippen LogP contribution in [0.25, 0.3) is 0 Å². The molecule has 3 rings (SSSR count). The van der Waals surface area contributed by atoms with Crippen molar-refractivity contribution in [1.29, 1.82) is 0 Å². The second kappa shape index (κ2) is 6.52. The molecule has 134 valence electrons. The van der Waals surface area contributed by atoms with Gasteiger partial charge < -0.3 is 5.32 Å². The molecule has 5 nitrogen and oxygen atoms in total. The van der Waals surface area contributed by atoms with Gasteiger partial charge in [0, 0.05) is 11.9 Å². The standard InChI is InChI=1S/C16H9F4N3O2S/c1-26-15-12(13(24)8-5-21-6-22-11(8)14(15)25)23-7-2-3-10(17)9(4-7)16(18,19)20/h2-6,23H,1H3. The van der Waals surface area contributed by atoms with Crippen LogP contribution in [-0.2, 0) is 6.18 Å². The molecule has 1 aliphatic carbocycles. The van der Waals surface area contributed by atoms with Gasteiger partial charge in [0.1, 0.15) is 23.5 Å². The number of thioether (sulfide) groups is 1. The van der Waals surface area contributed by atoms with Gasteiger partial charge in [-0.05, 0) is 24.5 Å². The number of carbonyl (C=O) groups excluding carboxylic acids is 2. The number of hydrogen-bond acceptors (Lipinski definition) is 6. The smallest absolute Gasteiger partial charge is 0.351 e. The lowest BCUT2D eigenvalue weighted by atomic mass is 9.98. The monoisotopic (exact) mass is 383 g/mol. The van der Waals surface area contributed by atoms with Crippen molar-refractivity contribution in [2.45, 2.75) is 6.18 Å². The number of aromatic nitrogens is 2. The molecule has 1 aromatic carbocycles. The van der Waals surface area contributed by atoms with Gasteiger partial charge in [-0.3, -0.25) is 9.59 Å². The summed E-state index contributed by atoms with van der Waals surface area (Å²) in [5, 5.41) is 2.51. The minimum absolute atomic E-state index is 0.000848. The van der Waals surface area contributed by atoms with Gasteiger partial charge in [-0.1, -0.05) is 0 Å². The Morgan fingerprint density at radius 1 is 1.15 bits per heavy atom. The van der Waals surface area contributed by atoms with Crippen LogP contribution in [0.4, 0.5) is 23.2 Å². The number of ketones is 2. The highest BCUT2D eigenvalue weighted by atomic mass is 32.2. The fourth-order valence-corrected chi connectivity index (χ4v) is 3.04. The lowest BCUT2D eigenvalue weighted by Gasteiger charge is -2.20. The van der Waals surface area contributed by atoms with E-state index < -0.39 is 29.1 Å². The van der Waals surface area contributed by atoms with Gasteiger partial charge >= 0.3 is 6.18 Å². The van der Waals surface area contributed by atoms with Crippen LogP contribution in [0, 0.1) is 5.82 Å². The van der Waals surface area contributed by atoms with Gasteiger partial charge in [0.05, 0.1) is 16.0 Å². The van der Waals surface area contributed by atoms with Crippen molar-refractivity contribution < 1.29 is 27.2 Å². The second-order valence-corrected chi connectivity index (χ2v) is 5.99. The van der Waals surface area contributed by atoms with E-state index in [-0.39, 0.29) is 27.5 Å². The van der Waals surface area contributed by atoms with E-state index >= 15 is 0 Å². The van der Waals surface area contributed by atoms with Crippen molar-refractivity contribution >= 4 is 29.0 Å². The molecule has 0 aliphatic heterocycles. The van der Waals surface area contributed by atoms with Crippen LogP contribution in [0.1, 0.15) is 26.4 Å². The Morgan fingerprint density at radius 2 is 1.88 bits per heavy atom. The lowest BCUT2D eigenvalue weighted by Crippen LogP contribution is -2.26. The van der Waals surface area contributed by atoms with Crippen LogP contribution in [0.3, 0.4) is 0 Å². The van der Waals surface area contributed by atoms with Crippen LogP contribution in [-0.4, -0.2) is 27.8 Å². The number of alkyl halides is 3. The summed E-state index contributed by atoms with van der Waals surface area (Å²) in [7, 11) is 0. The van der Waals surface area contributed by atoms with Crippen LogP contribution in [0.5, 0.6) is 0 Å². The summed E-state index contributed by atoms with van der Waals surface area (Å²) in [5.74, 6) is -2.62. The van der Waals surface area contributed by atoms with E-state index in [1.807, 2.05) is 0 Å². The summed E-state index contributed by atoms with van der Waals surface area (Å²) in [6.45, 7) is 0. The van der Waals surface area contributed by atoms with Gasteiger partial charge in [0.15, 0.2) is 0 Å². The molecule has 1 heterocycles. The number of carbonyl (C=O) groups is 2. The van der Waals surface area contributed by atoms with E-state index in [0.717, 1.165) is 30.4 Å². The summed E-state index contributed by atoms with van der Waals surface area (Å²) >= 11 is 0.951. The maximum atomic E-state index is 13.4. The fourth-order valence-electron chi connectivity index (χ4n) is 2.41. The van der Waals surface area contributed by atoms with Crippen LogP contribution in [0.2, 0.25) is 0 Å². The number of Topliss-reactive ketones (excluding diaryl/α,β-unsaturated/α-hetero) is 2. The molecule has 0 saturated carbocycles. The lowest BCUT2D eigenvalue weighted by molar-refractivity contribution is -0.139. The Labute approximate surface area is 148 Å². The minimum atomic E-state index is -4.90.